The number of pyridine rings is 1. The molecule has 0 bridgehead atoms. The van der Waals surface area contributed by atoms with Crippen molar-refractivity contribution < 1.29 is 22.7 Å². The second-order valence-corrected chi connectivity index (χ2v) is 7.20. The number of esters is 1. The van der Waals surface area contributed by atoms with Crippen molar-refractivity contribution >= 4 is 28.6 Å². The fourth-order valence-corrected chi connectivity index (χ4v) is 3.60. The zero-order valence-electron chi connectivity index (χ0n) is 17.5. The average molecular weight is 440 g/mol. The van der Waals surface area contributed by atoms with Crippen LogP contribution in [-0.2, 0) is 18.0 Å². The Morgan fingerprint density at radius 1 is 1.12 bits per heavy atom. The molecule has 0 radical (unpaired) electrons. The number of aromatic nitrogens is 3. The number of imidazole rings is 1. The molecule has 0 fully saturated rings. The van der Waals surface area contributed by atoms with Crippen LogP contribution < -0.4 is 4.90 Å². The molecule has 0 aliphatic rings. The largest absolute Gasteiger partial charge is 0.465 e. The number of aryl methyl sites for hydroxylation is 1. The zero-order chi connectivity index (χ0) is 23.0. The summed E-state index contributed by atoms with van der Waals surface area (Å²) in [5, 5.41) is 0. The standard InChI is InChI=1S/C23H19F3N4O2/c1-29(16-8-4-6-14(10-16)21(31)32-3)22-28-19-12-18(23(24,25)26)17(11-20(19)30(22)2)15-7-5-9-27-13-15/h4-13H,1-3H3. The van der Waals surface area contributed by atoms with Crippen LogP contribution >= 0.6 is 0 Å². The fraction of sp³-hybridized carbons (Fsp3) is 0.174. The molecule has 2 aromatic carbocycles. The first-order chi connectivity index (χ1) is 15.2. The molecule has 4 rings (SSSR count). The number of ether oxygens (including phenoxy) is 1. The van der Waals surface area contributed by atoms with E-state index >= 15 is 0 Å². The van der Waals surface area contributed by atoms with Gasteiger partial charge in [-0.15, -0.1) is 0 Å². The van der Waals surface area contributed by atoms with Crippen LogP contribution in [-0.4, -0.2) is 34.7 Å². The van der Waals surface area contributed by atoms with E-state index in [0.717, 1.165) is 6.07 Å². The SMILES string of the molecule is COC(=O)c1cccc(N(C)c2nc3cc(C(F)(F)F)c(-c4cccnc4)cc3n2C)c1. The number of alkyl halides is 3. The van der Waals surface area contributed by atoms with Gasteiger partial charge in [-0.2, -0.15) is 13.2 Å². The lowest BCUT2D eigenvalue weighted by molar-refractivity contribution is -0.137. The smallest absolute Gasteiger partial charge is 0.417 e. The molecule has 0 aliphatic heterocycles. The monoisotopic (exact) mass is 440 g/mol. The molecule has 4 aromatic rings. The minimum atomic E-state index is -4.56. The van der Waals surface area contributed by atoms with Crippen LogP contribution in [0.5, 0.6) is 0 Å². The number of halogens is 3. The number of fused-ring (bicyclic) bond motifs is 1. The number of benzene rings is 2. The van der Waals surface area contributed by atoms with Crippen molar-refractivity contribution in [1.82, 2.24) is 14.5 Å². The van der Waals surface area contributed by atoms with Crippen molar-refractivity contribution in [2.75, 3.05) is 19.1 Å². The van der Waals surface area contributed by atoms with Crippen LogP contribution in [0.1, 0.15) is 15.9 Å². The predicted molar refractivity (Wildman–Crippen MR) is 115 cm³/mol. The third-order valence-corrected chi connectivity index (χ3v) is 5.23. The molecule has 2 aromatic heterocycles. The highest BCUT2D eigenvalue weighted by Gasteiger charge is 2.35. The highest BCUT2D eigenvalue weighted by molar-refractivity contribution is 5.91. The molecule has 0 aliphatic carbocycles. The summed E-state index contributed by atoms with van der Waals surface area (Å²) in [4.78, 5) is 22.0. The van der Waals surface area contributed by atoms with Gasteiger partial charge < -0.3 is 14.2 Å². The molecular weight excluding hydrogens is 421 g/mol. The van der Waals surface area contributed by atoms with E-state index in [0.29, 0.717) is 28.3 Å². The first-order valence-electron chi connectivity index (χ1n) is 9.61. The highest BCUT2D eigenvalue weighted by atomic mass is 19.4. The van der Waals surface area contributed by atoms with Crippen LogP contribution in [0.4, 0.5) is 24.8 Å². The summed E-state index contributed by atoms with van der Waals surface area (Å²) in [5.41, 5.74) is 1.34. The number of anilines is 2. The van der Waals surface area contributed by atoms with Crippen LogP contribution in [0, 0.1) is 0 Å². The van der Waals surface area contributed by atoms with Gasteiger partial charge >= 0.3 is 12.1 Å². The average Bonchev–Trinajstić information content (AvgIpc) is 3.13. The minimum absolute atomic E-state index is 0.0305. The molecule has 9 heteroatoms. The predicted octanol–water partition coefficient (Wildman–Crippen LogP) is 5.21. The summed E-state index contributed by atoms with van der Waals surface area (Å²) in [6.45, 7) is 0. The third-order valence-electron chi connectivity index (χ3n) is 5.23. The molecule has 2 heterocycles. The summed E-state index contributed by atoms with van der Waals surface area (Å²) < 4.78 is 48.0. The van der Waals surface area contributed by atoms with Gasteiger partial charge in [-0.05, 0) is 42.0 Å². The van der Waals surface area contributed by atoms with Crippen LogP contribution in [0.2, 0.25) is 0 Å². The van der Waals surface area contributed by atoms with Crippen molar-refractivity contribution in [3.8, 4) is 11.1 Å². The van der Waals surface area contributed by atoms with E-state index in [2.05, 4.69) is 9.97 Å². The summed E-state index contributed by atoms with van der Waals surface area (Å²) >= 11 is 0. The van der Waals surface area contributed by atoms with Crippen molar-refractivity contribution in [3.63, 3.8) is 0 Å². The number of carbonyl (C=O) groups excluding carboxylic acids is 1. The lowest BCUT2D eigenvalue weighted by Crippen LogP contribution is -2.15. The zero-order valence-corrected chi connectivity index (χ0v) is 17.5. The Morgan fingerprint density at radius 2 is 1.91 bits per heavy atom. The summed E-state index contributed by atoms with van der Waals surface area (Å²) in [7, 11) is 4.75. The van der Waals surface area contributed by atoms with Gasteiger partial charge in [-0.1, -0.05) is 12.1 Å². The van der Waals surface area contributed by atoms with Crippen molar-refractivity contribution in [3.05, 3.63) is 72.1 Å². The van der Waals surface area contributed by atoms with Gasteiger partial charge in [0.15, 0.2) is 0 Å². The van der Waals surface area contributed by atoms with Gasteiger partial charge in [0.05, 0.1) is 29.3 Å². The molecule has 0 saturated carbocycles. The van der Waals surface area contributed by atoms with E-state index < -0.39 is 17.7 Å². The van der Waals surface area contributed by atoms with E-state index in [4.69, 9.17) is 4.74 Å². The number of carbonyl (C=O) groups is 1. The molecule has 0 saturated heterocycles. The normalized spacial score (nSPS) is 11.6. The maximum Gasteiger partial charge on any atom is 0.417 e. The van der Waals surface area contributed by atoms with E-state index in [9.17, 15) is 18.0 Å². The highest BCUT2D eigenvalue weighted by Crippen LogP contribution is 2.40. The Hall–Kier alpha value is -3.88. The minimum Gasteiger partial charge on any atom is -0.465 e. The van der Waals surface area contributed by atoms with E-state index in [1.54, 1.807) is 60.0 Å². The maximum absolute atomic E-state index is 13.8. The first kappa shape index (κ1) is 21.4. The Bertz CT molecular complexity index is 1300. The molecule has 0 spiro atoms. The molecule has 0 atom stereocenters. The Kier molecular flexibility index (Phi) is 5.33. The third kappa shape index (κ3) is 3.77. The second-order valence-electron chi connectivity index (χ2n) is 7.20. The van der Waals surface area contributed by atoms with Gasteiger partial charge in [0.2, 0.25) is 5.95 Å². The Labute approximate surface area is 181 Å². The molecular formula is C23H19F3N4O2. The summed E-state index contributed by atoms with van der Waals surface area (Å²) in [6, 6.07) is 12.4. The van der Waals surface area contributed by atoms with Gasteiger partial charge in [-0.25, -0.2) is 9.78 Å². The molecule has 32 heavy (non-hydrogen) atoms. The summed E-state index contributed by atoms with van der Waals surface area (Å²) in [5.74, 6) is -0.0698. The van der Waals surface area contributed by atoms with Crippen molar-refractivity contribution in [1.29, 1.82) is 0 Å². The molecule has 0 amide bonds. The lowest BCUT2D eigenvalue weighted by atomic mass is 10.00. The van der Waals surface area contributed by atoms with E-state index in [1.165, 1.54) is 25.6 Å². The quantitative estimate of drug-likeness (QED) is 0.408. The lowest BCUT2D eigenvalue weighted by Gasteiger charge is -2.19. The topological polar surface area (TPSA) is 60.2 Å². The summed E-state index contributed by atoms with van der Waals surface area (Å²) in [6.07, 6.45) is -1.65. The van der Waals surface area contributed by atoms with Crippen molar-refractivity contribution in [2.45, 2.75) is 6.18 Å². The molecule has 6 nitrogen and oxygen atoms in total. The van der Waals surface area contributed by atoms with Gasteiger partial charge in [0.1, 0.15) is 0 Å². The van der Waals surface area contributed by atoms with Gasteiger partial charge in [0, 0.05) is 37.7 Å². The van der Waals surface area contributed by atoms with E-state index in [-0.39, 0.29) is 11.1 Å². The molecule has 164 valence electrons. The van der Waals surface area contributed by atoms with Crippen LogP contribution in [0.15, 0.2) is 60.9 Å². The van der Waals surface area contributed by atoms with E-state index in [1.807, 2.05) is 0 Å². The maximum atomic E-state index is 13.8. The number of nitrogens with zero attached hydrogens (tertiary/aromatic N) is 4. The van der Waals surface area contributed by atoms with Gasteiger partial charge in [-0.3, -0.25) is 4.98 Å². The molecule has 0 N–H and O–H groups in total. The number of methoxy groups -OCH3 is 1. The van der Waals surface area contributed by atoms with Crippen LogP contribution in [0.25, 0.3) is 22.2 Å². The number of hydrogen-bond acceptors (Lipinski definition) is 5. The fourth-order valence-electron chi connectivity index (χ4n) is 3.60. The Balaban J connectivity index is 1.87. The second kappa shape index (κ2) is 7.99. The number of hydrogen-bond donors (Lipinski definition) is 0. The number of rotatable bonds is 4. The Morgan fingerprint density at radius 3 is 2.56 bits per heavy atom. The molecule has 0 unspecified atom stereocenters. The van der Waals surface area contributed by atoms with Gasteiger partial charge in [0.25, 0.3) is 0 Å². The first-order valence-corrected chi connectivity index (χ1v) is 9.61. The van der Waals surface area contributed by atoms with Crippen LogP contribution in [0.3, 0.4) is 0 Å². The van der Waals surface area contributed by atoms with Crippen molar-refractivity contribution in [2.24, 2.45) is 7.05 Å².